The summed E-state index contributed by atoms with van der Waals surface area (Å²) in [5, 5.41) is 17.4. The number of benzene rings is 2. The van der Waals surface area contributed by atoms with E-state index in [1.54, 1.807) is 15.8 Å². The molecule has 1 amide bonds. The first-order valence-electron chi connectivity index (χ1n) is 12.8. The molecule has 0 saturated carbocycles. The third-order valence-corrected chi connectivity index (χ3v) is 6.73. The molecule has 3 aromatic heterocycles. The summed E-state index contributed by atoms with van der Waals surface area (Å²) in [6.07, 6.45) is 4.69. The van der Waals surface area contributed by atoms with Gasteiger partial charge in [0, 0.05) is 24.0 Å². The van der Waals surface area contributed by atoms with E-state index < -0.39 is 0 Å². The molecule has 1 aliphatic rings. The molecular weight excluding hydrogens is 480 g/mol. The van der Waals surface area contributed by atoms with Gasteiger partial charge in [0.25, 0.3) is 5.56 Å². The molecule has 2 aromatic carbocycles. The monoisotopic (exact) mass is 510 g/mol. The van der Waals surface area contributed by atoms with Crippen LogP contribution in [0.2, 0.25) is 0 Å². The summed E-state index contributed by atoms with van der Waals surface area (Å²) in [4.78, 5) is 26.9. The van der Waals surface area contributed by atoms with E-state index in [0.717, 1.165) is 35.0 Å². The highest BCUT2D eigenvalue weighted by Crippen LogP contribution is 2.34. The molecule has 0 radical (unpaired) electrons. The molecule has 0 spiro atoms. The van der Waals surface area contributed by atoms with Crippen LogP contribution in [0.15, 0.2) is 72.2 Å². The quantitative estimate of drug-likeness (QED) is 0.351. The van der Waals surface area contributed by atoms with Crippen molar-refractivity contribution < 1.29 is 4.79 Å². The van der Waals surface area contributed by atoms with E-state index >= 15 is 0 Å². The number of aromatic nitrogens is 6. The number of nitrogen functional groups attached to an aromatic ring is 1. The van der Waals surface area contributed by atoms with E-state index in [1.165, 1.54) is 6.08 Å². The summed E-state index contributed by atoms with van der Waals surface area (Å²) >= 11 is 0. The van der Waals surface area contributed by atoms with Crippen LogP contribution in [0.1, 0.15) is 32.7 Å². The SMILES string of the molecule is C=CC(=O)N1CCCC(n2nc(-c3ccc4c(cnn4-c4ccccc4)c3)c3c(N)n[nH]c(=O)c32)C1.CC. The number of fused-ring (bicyclic) bond motifs is 2. The molecule has 0 bridgehead atoms. The second-order valence-electron chi connectivity index (χ2n) is 8.90. The van der Waals surface area contributed by atoms with Crippen LogP contribution < -0.4 is 11.3 Å². The summed E-state index contributed by atoms with van der Waals surface area (Å²) in [6.45, 7) is 8.68. The van der Waals surface area contributed by atoms with Gasteiger partial charge in [-0.15, -0.1) is 0 Å². The average Bonchev–Trinajstić information content (AvgIpc) is 3.59. The molecule has 4 heterocycles. The van der Waals surface area contributed by atoms with Gasteiger partial charge in [0.1, 0.15) is 11.2 Å². The maximum absolute atomic E-state index is 12.9. The molecule has 3 N–H and O–H groups in total. The Morgan fingerprint density at radius 3 is 2.74 bits per heavy atom. The summed E-state index contributed by atoms with van der Waals surface area (Å²) in [7, 11) is 0. The lowest BCUT2D eigenvalue weighted by Crippen LogP contribution is -2.40. The fourth-order valence-corrected chi connectivity index (χ4v) is 5.02. The van der Waals surface area contributed by atoms with Gasteiger partial charge in [-0.2, -0.15) is 15.3 Å². The van der Waals surface area contributed by atoms with Crippen molar-refractivity contribution in [3.8, 4) is 16.9 Å². The van der Waals surface area contributed by atoms with Gasteiger partial charge in [-0.3, -0.25) is 14.3 Å². The minimum Gasteiger partial charge on any atom is -0.382 e. The zero-order valence-corrected chi connectivity index (χ0v) is 21.5. The summed E-state index contributed by atoms with van der Waals surface area (Å²) < 4.78 is 3.59. The van der Waals surface area contributed by atoms with Crippen molar-refractivity contribution in [3.05, 3.63) is 77.7 Å². The molecule has 6 rings (SSSR count). The number of likely N-dealkylation sites (tertiary alicyclic amines) is 1. The van der Waals surface area contributed by atoms with Gasteiger partial charge >= 0.3 is 0 Å². The van der Waals surface area contributed by atoms with Crippen LogP contribution in [-0.2, 0) is 4.79 Å². The van der Waals surface area contributed by atoms with E-state index in [4.69, 9.17) is 10.8 Å². The second kappa shape index (κ2) is 10.3. The van der Waals surface area contributed by atoms with Gasteiger partial charge in [-0.1, -0.05) is 44.7 Å². The number of hydrogen-bond donors (Lipinski definition) is 2. The molecule has 1 atom stereocenters. The van der Waals surface area contributed by atoms with E-state index in [-0.39, 0.29) is 23.3 Å². The number of hydrogen-bond acceptors (Lipinski definition) is 6. The topological polar surface area (TPSA) is 128 Å². The maximum atomic E-state index is 12.9. The number of rotatable bonds is 4. The number of para-hydroxylation sites is 1. The Balaban J connectivity index is 0.00000144. The smallest absolute Gasteiger partial charge is 0.290 e. The fraction of sp³-hybridized carbons (Fsp3) is 0.250. The summed E-state index contributed by atoms with van der Waals surface area (Å²) in [5.41, 5.74) is 9.53. The van der Waals surface area contributed by atoms with Gasteiger partial charge < -0.3 is 10.6 Å². The van der Waals surface area contributed by atoms with Gasteiger partial charge in [0.15, 0.2) is 5.82 Å². The molecule has 0 aliphatic carbocycles. The van der Waals surface area contributed by atoms with Crippen LogP contribution in [0.3, 0.4) is 0 Å². The van der Waals surface area contributed by atoms with Crippen molar-refractivity contribution in [2.24, 2.45) is 0 Å². The van der Waals surface area contributed by atoms with E-state index in [1.807, 2.05) is 67.1 Å². The van der Waals surface area contributed by atoms with E-state index in [2.05, 4.69) is 21.9 Å². The van der Waals surface area contributed by atoms with Crippen LogP contribution >= 0.6 is 0 Å². The minimum atomic E-state index is -0.372. The number of nitrogens with two attached hydrogens (primary N) is 1. The summed E-state index contributed by atoms with van der Waals surface area (Å²) in [5.74, 6) is 0.0631. The molecule has 1 unspecified atom stereocenters. The maximum Gasteiger partial charge on any atom is 0.290 e. The lowest BCUT2D eigenvalue weighted by atomic mass is 10.1. The predicted octanol–water partition coefficient (Wildman–Crippen LogP) is 4.08. The highest BCUT2D eigenvalue weighted by Gasteiger charge is 2.28. The highest BCUT2D eigenvalue weighted by molar-refractivity contribution is 6.01. The van der Waals surface area contributed by atoms with Gasteiger partial charge in [-0.05, 0) is 43.2 Å². The zero-order valence-electron chi connectivity index (χ0n) is 21.5. The Morgan fingerprint density at radius 2 is 1.97 bits per heavy atom. The third kappa shape index (κ3) is 4.23. The summed E-state index contributed by atoms with van der Waals surface area (Å²) in [6, 6.07) is 15.7. The van der Waals surface area contributed by atoms with Gasteiger partial charge in [-0.25, -0.2) is 9.78 Å². The minimum absolute atomic E-state index is 0.132. The molecule has 10 heteroatoms. The second-order valence-corrected chi connectivity index (χ2v) is 8.90. The predicted molar refractivity (Wildman–Crippen MR) is 149 cm³/mol. The Morgan fingerprint density at radius 1 is 1.18 bits per heavy atom. The fourth-order valence-electron chi connectivity index (χ4n) is 5.02. The lowest BCUT2D eigenvalue weighted by Gasteiger charge is -2.32. The highest BCUT2D eigenvalue weighted by atomic mass is 16.2. The number of nitrogens with one attached hydrogen (secondary N) is 1. The first-order chi connectivity index (χ1) is 18.5. The standard InChI is InChI=1S/C26H24N8O2.C2H6/c1-2-21(35)32-12-6-9-19(15-32)34-24-22(25(27)29-30-26(24)36)23(31-34)16-10-11-20-17(13-16)14-28-33(20)18-7-4-3-5-8-18;1-2/h2-5,7-8,10-11,13-14,19H,1,6,9,12,15H2,(H2,27,29)(H,30,36);1-2H3. The molecule has 1 aliphatic heterocycles. The number of carbonyl (C=O) groups is 1. The zero-order chi connectivity index (χ0) is 26.8. The number of carbonyl (C=O) groups excluding carboxylic acids is 1. The Bertz CT molecular complexity index is 1680. The van der Waals surface area contributed by atoms with Crippen molar-refractivity contribution in [2.45, 2.75) is 32.7 Å². The van der Waals surface area contributed by atoms with Gasteiger partial charge in [0.05, 0.1) is 28.8 Å². The Kier molecular flexibility index (Phi) is 6.78. The molecular formula is C28H30N8O2. The van der Waals surface area contributed by atoms with Crippen LogP contribution in [0.5, 0.6) is 0 Å². The number of nitrogens with zero attached hydrogens (tertiary/aromatic N) is 6. The number of piperidine rings is 1. The van der Waals surface area contributed by atoms with Crippen LogP contribution in [0.25, 0.3) is 38.8 Å². The van der Waals surface area contributed by atoms with Crippen molar-refractivity contribution >= 4 is 33.5 Å². The molecule has 38 heavy (non-hydrogen) atoms. The molecule has 10 nitrogen and oxygen atoms in total. The molecule has 1 saturated heterocycles. The first-order valence-corrected chi connectivity index (χ1v) is 12.8. The number of H-pyrrole nitrogens is 1. The molecule has 5 aromatic rings. The average molecular weight is 511 g/mol. The van der Waals surface area contributed by atoms with Crippen LogP contribution in [0.4, 0.5) is 5.82 Å². The molecule has 194 valence electrons. The van der Waals surface area contributed by atoms with Crippen molar-refractivity contribution in [1.29, 1.82) is 0 Å². The Hall–Kier alpha value is -4.73. The van der Waals surface area contributed by atoms with E-state index in [9.17, 15) is 9.59 Å². The van der Waals surface area contributed by atoms with E-state index in [0.29, 0.717) is 29.7 Å². The Labute approximate surface area is 219 Å². The molecule has 1 fully saturated rings. The number of amides is 1. The normalized spacial score (nSPS) is 15.3. The lowest BCUT2D eigenvalue weighted by molar-refractivity contribution is -0.127. The van der Waals surface area contributed by atoms with Crippen molar-refractivity contribution in [3.63, 3.8) is 0 Å². The third-order valence-electron chi connectivity index (χ3n) is 6.73. The largest absolute Gasteiger partial charge is 0.382 e. The van der Waals surface area contributed by atoms with Crippen LogP contribution in [-0.4, -0.2) is 53.7 Å². The van der Waals surface area contributed by atoms with Crippen molar-refractivity contribution in [2.75, 3.05) is 18.8 Å². The number of anilines is 1. The van der Waals surface area contributed by atoms with Crippen LogP contribution in [0, 0.1) is 0 Å². The number of aromatic amines is 1. The van der Waals surface area contributed by atoms with Crippen molar-refractivity contribution in [1.82, 2.24) is 34.7 Å². The van der Waals surface area contributed by atoms with Gasteiger partial charge in [0.2, 0.25) is 5.91 Å². The first kappa shape index (κ1) is 24.9.